The summed E-state index contributed by atoms with van der Waals surface area (Å²) in [4.78, 5) is 15.0. The molecule has 0 radical (unpaired) electrons. The molecule has 1 heterocycles. The Hall–Kier alpha value is -2.40. The van der Waals surface area contributed by atoms with Crippen LogP contribution in [0.2, 0.25) is 5.02 Å². The summed E-state index contributed by atoms with van der Waals surface area (Å²) in [6.07, 6.45) is 0. The van der Waals surface area contributed by atoms with Gasteiger partial charge in [0.15, 0.2) is 0 Å². The molecule has 22 heavy (non-hydrogen) atoms. The number of hydrogen-bond acceptors (Lipinski definition) is 1. The summed E-state index contributed by atoms with van der Waals surface area (Å²) in [5.41, 5.74) is 1.60. The van der Waals surface area contributed by atoms with E-state index in [1.165, 1.54) is 30.3 Å². The predicted molar refractivity (Wildman–Crippen MR) is 80.8 cm³/mol. The molecule has 1 aromatic heterocycles. The Balaban J connectivity index is 1.75. The number of nitrogens with one attached hydrogen (secondary N) is 2. The first-order chi connectivity index (χ1) is 10.5. The zero-order valence-electron chi connectivity index (χ0n) is 11.3. The highest BCUT2D eigenvalue weighted by Gasteiger charge is 2.11. The van der Waals surface area contributed by atoms with E-state index in [4.69, 9.17) is 11.6 Å². The molecule has 3 aromatic rings. The van der Waals surface area contributed by atoms with Crippen molar-refractivity contribution in [2.45, 2.75) is 6.54 Å². The third-order valence-corrected chi connectivity index (χ3v) is 3.63. The van der Waals surface area contributed by atoms with Gasteiger partial charge in [-0.1, -0.05) is 17.7 Å². The number of rotatable bonds is 3. The van der Waals surface area contributed by atoms with Crippen LogP contribution >= 0.6 is 11.6 Å². The molecule has 0 saturated heterocycles. The van der Waals surface area contributed by atoms with Crippen LogP contribution in [0.4, 0.5) is 8.78 Å². The standard InChI is InChI=1S/C16H11ClF2N2O/c17-13-7-12(19)2-1-9(13)8-20-16(22)15-6-10-5-11(18)3-4-14(10)21-15/h1-7,21H,8H2,(H,20,22). The van der Waals surface area contributed by atoms with Gasteiger partial charge in [0.2, 0.25) is 0 Å². The highest BCUT2D eigenvalue weighted by atomic mass is 35.5. The molecule has 0 bridgehead atoms. The molecule has 0 saturated carbocycles. The van der Waals surface area contributed by atoms with Gasteiger partial charge in [-0.2, -0.15) is 0 Å². The van der Waals surface area contributed by atoms with Gasteiger partial charge >= 0.3 is 0 Å². The van der Waals surface area contributed by atoms with Gasteiger partial charge in [0, 0.05) is 22.5 Å². The van der Waals surface area contributed by atoms with Crippen molar-refractivity contribution in [3.8, 4) is 0 Å². The molecule has 0 aliphatic heterocycles. The summed E-state index contributed by atoms with van der Waals surface area (Å²) >= 11 is 5.90. The highest BCUT2D eigenvalue weighted by Crippen LogP contribution is 2.18. The number of aromatic amines is 1. The first-order valence-corrected chi connectivity index (χ1v) is 6.91. The van der Waals surface area contributed by atoms with Crippen LogP contribution in [-0.2, 0) is 6.54 Å². The Bertz CT molecular complexity index is 860. The molecular formula is C16H11ClF2N2O. The minimum Gasteiger partial charge on any atom is -0.351 e. The number of halogens is 3. The molecule has 1 amide bonds. The normalized spacial score (nSPS) is 10.9. The maximum Gasteiger partial charge on any atom is 0.267 e. The SMILES string of the molecule is O=C(NCc1ccc(F)cc1Cl)c1cc2cc(F)ccc2[nH]1. The van der Waals surface area contributed by atoms with Crippen molar-refractivity contribution in [3.05, 3.63) is 70.4 Å². The van der Waals surface area contributed by atoms with Crippen LogP contribution in [0, 0.1) is 11.6 Å². The zero-order chi connectivity index (χ0) is 15.7. The van der Waals surface area contributed by atoms with E-state index in [0.717, 1.165) is 0 Å². The first kappa shape index (κ1) is 14.5. The van der Waals surface area contributed by atoms with Crippen molar-refractivity contribution in [2.75, 3.05) is 0 Å². The molecule has 0 aliphatic rings. The molecule has 2 aromatic carbocycles. The lowest BCUT2D eigenvalue weighted by molar-refractivity contribution is 0.0947. The predicted octanol–water partition coefficient (Wildman–Crippen LogP) is 4.03. The second kappa shape index (κ2) is 5.77. The van der Waals surface area contributed by atoms with E-state index >= 15 is 0 Å². The average molecular weight is 321 g/mol. The van der Waals surface area contributed by atoms with Gasteiger partial charge in [0.1, 0.15) is 17.3 Å². The third-order valence-electron chi connectivity index (χ3n) is 3.28. The van der Waals surface area contributed by atoms with Gasteiger partial charge in [-0.15, -0.1) is 0 Å². The van der Waals surface area contributed by atoms with Gasteiger partial charge in [-0.05, 0) is 42.0 Å². The number of fused-ring (bicyclic) bond motifs is 1. The van der Waals surface area contributed by atoms with E-state index < -0.39 is 5.82 Å². The Morgan fingerprint density at radius 1 is 1.09 bits per heavy atom. The van der Waals surface area contributed by atoms with Crippen LogP contribution in [0.3, 0.4) is 0 Å². The van der Waals surface area contributed by atoms with E-state index in [2.05, 4.69) is 10.3 Å². The Kier molecular flexibility index (Phi) is 3.81. The lowest BCUT2D eigenvalue weighted by atomic mass is 10.2. The fraction of sp³-hybridized carbons (Fsp3) is 0.0625. The number of carbonyl (C=O) groups is 1. The van der Waals surface area contributed by atoms with Gasteiger partial charge < -0.3 is 10.3 Å². The molecule has 3 nitrogen and oxygen atoms in total. The van der Waals surface area contributed by atoms with Crippen molar-refractivity contribution in [3.63, 3.8) is 0 Å². The fourth-order valence-corrected chi connectivity index (χ4v) is 2.40. The fourth-order valence-electron chi connectivity index (χ4n) is 2.16. The smallest absolute Gasteiger partial charge is 0.267 e. The first-order valence-electron chi connectivity index (χ1n) is 6.53. The third kappa shape index (κ3) is 2.94. The molecule has 0 spiro atoms. The molecule has 3 rings (SSSR count). The van der Waals surface area contributed by atoms with Crippen LogP contribution in [0.5, 0.6) is 0 Å². The molecule has 6 heteroatoms. The average Bonchev–Trinajstić information content (AvgIpc) is 2.89. The van der Waals surface area contributed by atoms with Crippen molar-refractivity contribution in [1.82, 2.24) is 10.3 Å². The summed E-state index contributed by atoms with van der Waals surface area (Å²) in [6, 6.07) is 9.78. The molecular weight excluding hydrogens is 310 g/mol. The van der Waals surface area contributed by atoms with Crippen molar-refractivity contribution >= 4 is 28.4 Å². The van der Waals surface area contributed by atoms with E-state index in [-0.39, 0.29) is 23.3 Å². The van der Waals surface area contributed by atoms with Crippen molar-refractivity contribution in [2.24, 2.45) is 0 Å². The van der Waals surface area contributed by atoms with Gasteiger partial charge in [0.25, 0.3) is 5.91 Å². The minimum absolute atomic E-state index is 0.168. The summed E-state index contributed by atoms with van der Waals surface area (Å²) in [5, 5.41) is 3.55. The van der Waals surface area contributed by atoms with E-state index in [9.17, 15) is 13.6 Å². The van der Waals surface area contributed by atoms with Crippen molar-refractivity contribution in [1.29, 1.82) is 0 Å². The maximum absolute atomic E-state index is 13.1. The lowest BCUT2D eigenvalue weighted by Gasteiger charge is -2.06. The van der Waals surface area contributed by atoms with Gasteiger partial charge in [0.05, 0.1) is 0 Å². The number of amides is 1. The number of H-pyrrole nitrogens is 1. The Morgan fingerprint density at radius 3 is 2.59 bits per heavy atom. The maximum atomic E-state index is 13.1. The summed E-state index contributed by atoms with van der Waals surface area (Å²) < 4.78 is 26.1. The quantitative estimate of drug-likeness (QED) is 0.752. The molecule has 0 aliphatic carbocycles. The van der Waals surface area contributed by atoms with Crippen LogP contribution in [0.25, 0.3) is 10.9 Å². The Labute approximate surface area is 129 Å². The lowest BCUT2D eigenvalue weighted by Crippen LogP contribution is -2.23. The highest BCUT2D eigenvalue weighted by molar-refractivity contribution is 6.31. The molecule has 0 atom stereocenters. The van der Waals surface area contributed by atoms with E-state index in [1.807, 2.05) is 0 Å². The van der Waals surface area contributed by atoms with Crippen LogP contribution in [-0.4, -0.2) is 10.9 Å². The van der Waals surface area contributed by atoms with Gasteiger partial charge in [-0.25, -0.2) is 8.78 Å². The number of aromatic nitrogens is 1. The zero-order valence-corrected chi connectivity index (χ0v) is 12.0. The summed E-state index contributed by atoms with van der Waals surface area (Å²) in [7, 11) is 0. The number of hydrogen-bond donors (Lipinski definition) is 2. The molecule has 0 fully saturated rings. The summed E-state index contributed by atoms with van der Waals surface area (Å²) in [6.45, 7) is 0.168. The number of carbonyl (C=O) groups excluding carboxylic acids is 1. The molecule has 2 N–H and O–H groups in total. The molecule has 112 valence electrons. The van der Waals surface area contributed by atoms with E-state index in [1.54, 1.807) is 12.1 Å². The monoisotopic (exact) mass is 320 g/mol. The van der Waals surface area contributed by atoms with Crippen LogP contribution in [0.1, 0.15) is 16.1 Å². The largest absolute Gasteiger partial charge is 0.351 e. The minimum atomic E-state index is -0.433. The summed E-state index contributed by atoms with van der Waals surface area (Å²) in [5.74, 6) is -1.15. The van der Waals surface area contributed by atoms with Crippen LogP contribution in [0.15, 0.2) is 42.5 Å². The van der Waals surface area contributed by atoms with Crippen molar-refractivity contribution < 1.29 is 13.6 Å². The second-order valence-electron chi connectivity index (χ2n) is 4.83. The molecule has 0 unspecified atom stereocenters. The van der Waals surface area contributed by atoms with E-state index in [0.29, 0.717) is 22.2 Å². The topological polar surface area (TPSA) is 44.9 Å². The Morgan fingerprint density at radius 2 is 1.82 bits per heavy atom. The number of benzene rings is 2. The van der Waals surface area contributed by atoms with Gasteiger partial charge in [-0.3, -0.25) is 4.79 Å². The van der Waals surface area contributed by atoms with Crippen LogP contribution < -0.4 is 5.32 Å². The second-order valence-corrected chi connectivity index (χ2v) is 5.24.